The molecule has 1 unspecified atom stereocenters. The Morgan fingerprint density at radius 3 is 2.46 bits per heavy atom. The minimum absolute atomic E-state index is 0. The Labute approximate surface area is 234 Å². The predicted octanol–water partition coefficient (Wildman–Crippen LogP) is -0.335. The molecule has 3 rings (SSSR count). The van der Waals surface area contributed by atoms with Gasteiger partial charge in [0.05, 0.1) is 19.3 Å². The van der Waals surface area contributed by atoms with Crippen LogP contribution in [0.15, 0.2) is 17.2 Å². The SMILES string of the molecule is CC[C@H]1COCCN1c1cc(C2(S(C)(=O)=O)CCN(C(=O)OC(C)(C)C)CC2)cc(S(=O)O)n1.[H-].[Na+]. The number of carbonyl (C=O) groups excluding carboxylic acids is 1. The third kappa shape index (κ3) is 6.97. The number of anilines is 1. The maximum atomic E-state index is 13.2. The van der Waals surface area contributed by atoms with Gasteiger partial charge in [0, 0.05) is 25.9 Å². The zero-order chi connectivity index (χ0) is 25.3. The second-order valence-corrected chi connectivity index (χ2v) is 13.1. The molecule has 1 aromatic rings. The average Bonchev–Trinajstić information content (AvgIpc) is 2.76. The normalized spacial score (nSPS) is 21.7. The molecule has 1 N–H and O–H groups in total. The van der Waals surface area contributed by atoms with Crippen LogP contribution >= 0.6 is 0 Å². The van der Waals surface area contributed by atoms with Crippen LogP contribution in [0.4, 0.5) is 10.6 Å². The van der Waals surface area contributed by atoms with Crippen molar-refractivity contribution in [2.45, 2.75) is 68.4 Å². The Balaban J connectivity index is 0.00000324. The number of morpholine rings is 1. The van der Waals surface area contributed by atoms with Gasteiger partial charge in [-0.15, -0.1) is 0 Å². The zero-order valence-electron chi connectivity index (χ0n) is 22.4. The number of hydrogen-bond acceptors (Lipinski definition) is 8. The van der Waals surface area contributed by atoms with Gasteiger partial charge in [-0.3, -0.25) is 0 Å². The smallest absolute Gasteiger partial charge is 1.00 e. The van der Waals surface area contributed by atoms with Crippen molar-refractivity contribution in [3.63, 3.8) is 0 Å². The Kier molecular flexibility index (Phi) is 10.2. The molecule has 10 nitrogen and oxygen atoms in total. The molecule has 0 radical (unpaired) electrons. The first-order valence-corrected chi connectivity index (χ1v) is 14.4. The number of amides is 1. The van der Waals surface area contributed by atoms with Gasteiger partial charge in [-0.1, -0.05) is 6.92 Å². The molecule has 0 aliphatic carbocycles. The average molecular weight is 542 g/mol. The molecule has 0 aromatic carbocycles. The molecule has 2 aliphatic rings. The van der Waals surface area contributed by atoms with Crippen LogP contribution in [0.5, 0.6) is 0 Å². The second kappa shape index (κ2) is 11.7. The van der Waals surface area contributed by atoms with E-state index < -0.39 is 37.4 Å². The van der Waals surface area contributed by atoms with Gasteiger partial charge in [0.25, 0.3) is 0 Å². The van der Waals surface area contributed by atoms with E-state index in [1.165, 1.54) is 17.2 Å². The fourth-order valence-electron chi connectivity index (χ4n) is 4.54. The summed E-state index contributed by atoms with van der Waals surface area (Å²) < 4.78 is 57.9. The summed E-state index contributed by atoms with van der Waals surface area (Å²) in [6, 6.07) is 3.15. The van der Waals surface area contributed by atoms with Crippen LogP contribution in [0, 0.1) is 0 Å². The molecule has 13 heteroatoms. The van der Waals surface area contributed by atoms with E-state index in [2.05, 4.69) is 4.98 Å². The Hall–Kier alpha value is -0.760. The summed E-state index contributed by atoms with van der Waals surface area (Å²) in [6.07, 6.45) is 1.76. The van der Waals surface area contributed by atoms with Crippen LogP contribution in [0.3, 0.4) is 0 Å². The summed E-state index contributed by atoms with van der Waals surface area (Å²) in [5.41, 5.74) is -0.237. The zero-order valence-corrected chi connectivity index (χ0v) is 25.1. The van der Waals surface area contributed by atoms with Crippen LogP contribution in [0.1, 0.15) is 53.9 Å². The van der Waals surface area contributed by atoms with Crippen molar-refractivity contribution in [2.24, 2.45) is 0 Å². The first-order chi connectivity index (χ1) is 15.8. The molecule has 0 saturated carbocycles. The standard InChI is InChI=1S/C22H35N3O7S2.Na.H/c1-6-17-15-31-12-11-25(17)18-13-16(14-19(23-18)33(27)28)22(34(5,29)30)7-9-24(10-8-22)20(26)32-21(2,3)4;;/h13-14,17H,6-12,15H2,1-5H3,(H,27,28);;/q;+1;-1/t17-;;/m0../s1. The van der Waals surface area contributed by atoms with Gasteiger partial charge in [-0.25, -0.2) is 22.4 Å². The van der Waals surface area contributed by atoms with E-state index in [0.717, 1.165) is 6.42 Å². The van der Waals surface area contributed by atoms with E-state index in [4.69, 9.17) is 9.47 Å². The molecule has 2 saturated heterocycles. The van der Waals surface area contributed by atoms with E-state index >= 15 is 0 Å². The molecule has 1 aromatic heterocycles. The maximum absolute atomic E-state index is 13.2. The molecule has 0 bridgehead atoms. The summed E-state index contributed by atoms with van der Waals surface area (Å²) in [7, 11) is -3.66. The summed E-state index contributed by atoms with van der Waals surface area (Å²) in [6.45, 7) is 9.26. The Bertz CT molecular complexity index is 1040. The van der Waals surface area contributed by atoms with Crippen molar-refractivity contribution in [3.05, 3.63) is 17.7 Å². The number of carbonyl (C=O) groups is 1. The van der Waals surface area contributed by atoms with E-state index in [1.807, 2.05) is 11.8 Å². The second-order valence-electron chi connectivity index (χ2n) is 9.87. The summed E-state index contributed by atoms with van der Waals surface area (Å²) >= 11 is -2.39. The maximum Gasteiger partial charge on any atom is 1.00 e. The van der Waals surface area contributed by atoms with Crippen LogP contribution in [0.25, 0.3) is 0 Å². The monoisotopic (exact) mass is 541 g/mol. The van der Waals surface area contributed by atoms with Crippen LogP contribution in [-0.4, -0.2) is 83.9 Å². The van der Waals surface area contributed by atoms with Crippen molar-refractivity contribution in [1.29, 1.82) is 0 Å². The van der Waals surface area contributed by atoms with Gasteiger partial charge >= 0.3 is 35.7 Å². The van der Waals surface area contributed by atoms with E-state index in [9.17, 15) is 22.0 Å². The van der Waals surface area contributed by atoms with E-state index in [1.54, 1.807) is 26.8 Å². The molecule has 2 fully saturated rings. The molecule has 35 heavy (non-hydrogen) atoms. The van der Waals surface area contributed by atoms with Crippen LogP contribution < -0.4 is 34.5 Å². The van der Waals surface area contributed by atoms with Crippen LogP contribution in [-0.2, 0) is 35.1 Å². The number of hydrogen-bond donors (Lipinski definition) is 1. The van der Waals surface area contributed by atoms with Crippen molar-refractivity contribution in [2.75, 3.05) is 44.0 Å². The number of ether oxygens (including phenoxy) is 2. The predicted molar refractivity (Wildman–Crippen MR) is 130 cm³/mol. The number of likely N-dealkylation sites (tertiary alicyclic amines) is 1. The minimum atomic E-state index is -3.66. The van der Waals surface area contributed by atoms with Gasteiger partial charge in [-0.05, 0) is 57.7 Å². The first-order valence-electron chi connectivity index (χ1n) is 11.4. The quantitative estimate of drug-likeness (QED) is 0.394. The van der Waals surface area contributed by atoms with Gasteiger partial charge in [0.15, 0.2) is 14.9 Å². The number of pyridine rings is 1. The molecule has 0 spiro atoms. The fraction of sp³-hybridized carbons (Fsp3) is 0.727. The van der Waals surface area contributed by atoms with Gasteiger partial charge in [0.2, 0.25) is 11.1 Å². The number of piperidine rings is 1. The third-order valence-electron chi connectivity index (χ3n) is 6.42. The number of rotatable bonds is 5. The molecule has 1 amide bonds. The van der Waals surface area contributed by atoms with E-state index in [-0.39, 0.29) is 68.0 Å². The summed E-state index contributed by atoms with van der Waals surface area (Å²) in [4.78, 5) is 20.4. The first kappa shape index (κ1) is 30.5. The number of sulfone groups is 1. The fourth-order valence-corrected chi connectivity index (χ4v) is 6.41. The Morgan fingerprint density at radius 1 is 1.31 bits per heavy atom. The van der Waals surface area contributed by atoms with Crippen LogP contribution in [0.2, 0.25) is 0 Å². The van der Waals surface area contributed by atoms with Crippen molar-refractivity contribution >= 4 is 32.8 Å². The molecule has 2 atom stereocenters. The van der Waals surface area contributed by atoms with E-state index in [0.29, 0.717) is 31.1 Å². The van der Waals surface area contributed by atoms with Gasteiger partial charge in [-0.2, -0.15) is 0 Å². The summed E-state index contributed by atoms with van der Waals surface area (Å²) in [5, 5.41) is -0.0913. The molecule has 2 aliphatic heterocycles. The van der Waals surface area contributed by atoms with Crippen molar-refractivity contribution in [1.82, 2.24) is 9.88 Å². The molecule has 3 heterocycles. The summed E-state index contributed by atoms with van der Waals surface area (Å²) in [5.74, 6) is 0.461. The molecular formula is C22H36N3NaO7S2. The number of aromatic nitrogens is 1. The van der Waals surface area contributed by atoms with Crippen molar-refractivity contribution < 1.29 is 62.4 Å². The van der Waals surface area contributed by atoms with Gasteiger partial charge in [0.1, 0.15) is 16.2 Å². The van der Waals surface area contributed by atoms with Crippen molar-refractivity contribution in [3.8, 4) is 0 Å². The topological polar surface area (TPSA) is 126 Å². The Morgan fingerprint density at radius 2 is 1.94 bits per heavy atom. The largest absolute Gasteiger partial charge is 1.00 e. The molecular weight excluding hydrogens is 505 g/mol. The number of nitrogens with zero attached hydrogens (tertiary/aromatic N) is 3. The minimum Gasteiger partial charge on any atom is -1.00 e. The molecule has 194 valence electrons. The van der Waals surface area contributed by atoms with Gasteiger partial charge < -0.3 is 25.3 Å². The third-order valence-corrected chi connectivity index (χ3v) is 9.05.